The summed E-state index contributed by atoms with van der Waals surface area (Å²) in [6, 6.07) is 12.5. The number of amides is 2. The molecule has 7 nitrogen and oxygen atoms in total. The second kappa shape index (κ2) is 10.8. The zero-order valence-corrected chi connectivity index (χ0v) is 18.2. The van der Waals surface area contributed by atoms with Crippen molar-refractivity contribution in [3.63, 3.8) is 0 Å². The van der Waals surface area contributed by atoms with Crippen molar-refractivity contribution in [3.05, 3.63) is 48.0 Å². The number of halogens is 1. The fourth-order valence-electron chi connectivity index (χ4n) is 3.48. The molecule has 0 aromatic heterocycles. The van der Waals surface area contributed by atoms with Gasteiger partial charge in [-0.15, -0.1) is 12.4 Å². The van der Waals surface area contributed by atoms with Crippen molar-refractivity contribution in [2.75, 3.05) is 31.4 Å². The van der Waals surface area contributed by atoms with Crippen molar-refractivity contribution in [2.45, 2.75) is 25.8 Å². The third kappa shape index (κ3) is 5.64. The number of hydrogen-bond donors (Lipinski definition) is 3. The molecular formula is C22H28ClN3O4. The number of anilines is 2. The number of carbonyl (C=O) groups excluding carboxylic acids is 2. The molecule has 2 atom stereocenters. The first-order chi connectivity index (χ1) is 14.0. The number of ether oxygens (including phenoxy) is 2. The molecule has 3 rings (SSSR count). The van der Waals surface area contributed by atoms with Crippen LogP contribution in [0, 0.1) is 5.92 Å². The summed E-state index contributed by atoms with van der Waals surface area (Å²) in [5, 5.41) is 9.14. The first kappa shape index (κ1) is 23.5. The van der Waals surface area contributed by atoms with E-state index >= 15 is 0 Å². The number of methoxy groups -OCH3 is 2. The zero-order chi connectivity index (χ0) is 20.8. The van der Waals surface area contributed by atoms with E-state index in [1.165, 1.54) is 14.2 Å². The SMILES string of the molecule is COc1cc(NC(=O)[C@H]2CCN[C@@H](C)C2)c(OC)cc1NC(=O)c1ccccc1.Cl. The van der Waals surface area contributed by atoms with E-state index in [1.54, 1.807) is 36.4 Å². The summed E-state index contributed by atoms with van der Waals surface area (Å²) in [6.45, 7) is 2.90. The lowest BCUT2D eigenvalue weighted by Gasteiger charge is -2.27. The van der Waals surface area contributed by atoms with Crippen LogP contribution in [0.5, 0.6) is 11.5 Å². The van der Waals surface area contributed by atoms with Gasteiger partial charge in [-0.2, -0.15) is 0 Å². The smallest absolute Gasteiger partial charge is 0.255 e. The van der Waals surface area contributed by atoms with Crippen LogP contribution in [0.4, 0.5) is 11.4 Å². The molecule has 0 saturated carbocycles. The third-order valence-corrected chi connectivity index (χ3v) is 5.06. The third-order valence-electron chi connectivity index (χ3n) is 5.06. The van der Waals surface area contributed by atoms with Gasteiger partial charge in [0.25, 0.3) is 5.91 Å². The van der Waals surface area contributed by atoms with E-state index in [4.69, 9.17) is 9.47 Å². The summed E-state index contributed by atoms with van der Waals surface area (Å²) in [5.41, 5.74) is 1.51. The maximum Gasteiger partial charge on any atom is 0.255 e. The van der Waals surface area contributed by atoms with Gasteiger partial charge in [0.1, 0.15) is 11.5 Å². The first-order valence-electron chi connectivity index (χ1n) is 9.68. The molecule has 1 fully saturated rings. The van der Waals surface area contributed by atoms with Gasteiger partial charge in [-0.05, 0) is 38.4 Å². The van der Waals surface area contributed by atoms with Crippen molar-refractivity contribution in [2.24, 2.45) is 5.92 Å². The van der Waals surface area contributed by atoms with Crippen LogP contribution in [-0.2, 0) is 4.79 Å². The average Bonchev–Trinajstić information content (AvgIpc) is 2.74. The standard InChI is InChI=1S/C22H27N3O4.ClH/c1-14-11-16(9-10-23-14)22(27)25-18-13-19(28-2)17(12-20(18)29-3)24-21(26)15-7-5-4-6-8-15;/h4-8,12-14,16,23H,9-11H2,1-3H3,(H,24,26)(H,25,27);1H/t14-,16-;/m0./s1. The van der Waals surface area contributed by atoms with Gasteiger partial charge >= 0.3 is 0 Å². The largest absolute Gasteiger partial charge is 0.494 e. The molecule has 0 radical (unpaired) electrons. The van der Waals surface area contributed by atoms with Crippen LogP contribution in [-0.4, -0.2) is 38.6 Å². The lowest BCUT2D eigenvalue weighted by molar-refractivity contribution is -0.120. The van der Waals surface area contributed by atoms with Crippen LogP contribution < -0.4 is 25.4 Å². The van der Waals surface area contributed by atoms with E-state index in [2.05, 4.69) is 22.9 Å². The van der Waals surface area contributed by atoms with Gasteiger partial charge in [0.05, 0.1) is 25.6 Å². The highest BCUT2D eigenvalue weighted by molar-refractivity contribution is 6.05. The topological polar surface area (TPSA) is 88.7 Å². The predicted octanol–water partition coefficient (Wildman–Crippen LogP) is 3.70. The summed E-state index contributed by atoms with van der Waals surface area (Å²) in [7, 11) is 3.03. The molecule has 162 valence electrons. The molecule has 0 bridgehead atoms. The van der Waals surface area contributed by atoms with Gasteiger partial charge in [-0.1, -0.05) is 18.2 Å². The van der Waals surface area contributed by atoms with E-state index in [0.717, 1.165) is 19.4 Å². The minimum absolute atomic E-state index is 0. The number of rotatable bonds is 6. The Bertz CT molecular complexity index is 876. The molecule has 30 heavy (non-hydrogen) atoms. The maximum absolute atomic E-state index is 12.7. The molecule has 0 unspecified atom stereocenters. The molecule has 2 aromatic rings. The Kier molecular flexibility index (Phi) is 8.50. The molecule has 2 aromatic carbocycles. The summed E-state index contributed by atoms with van der Waals surface area (Å²) >= 11 is 0. The van der Waals surface area contributed by atoms with Crippen LogP contribution in [0.3, 0.4) is 0 Å². The fraction of sp³-hybridized carbons (Fsp3) is 0.364. The van der Waals surface area contributed by atoms with E-state index in [-0.39, 0.29) is 30.1 Å². The molecular weight excluding hydrogens is 406 g/mol. The van der Waals surface area contributed by atoms with Crippen molar-refractivity contribution in [3.8, 4) is 11.5 Å². The minimum Gasteiger partial charge on any atom is -0.494 e. The Labute approximate surface area is 182 Å². The Morgan fingerprint density at radius 2 is 1.60 bits per heavy atom. The molecule has 1 heterocycles. The summed E-state index contributed by atoms with van der Waals surface area (Å²) < 4.78 is 10.9. The van der Waals surface area contributed by atoms with E-state index in [9.17, 15) is 9.59 Å². The summed E-state index contributed by atoms with van der Waals surface area (Å²) in [6.07, 6.45) is 1.58. The second-order valence-electron chi connectivity index (χ2n) is 7.14. The van der Waals surface area contributed by atoms with Gasteiger partial charge in [0.15, 0.2) is 0 Å². The van der Waals surface area contributed by atoms with Gasteiger partial charge in [-0.25, -0.2) is 0 Å². The monoisotopic (exact) mass is 433 g/mol. The quantitative estimate of drug-likeness (QED) is 0.646. The molecule has 1 saturated heterocycles. The average molecular weight is 434 g/mol. The lowest BCUT2D eigenvalue weighted by atomic mass is 9.92. The summed E-state index contributed by atoms with van der Waals surface area (Å²) in [5.74, 6) is 0.527. The van der Waals surface area contributed by atoms with Crippen molar-refractivity contribution >= 4 is 35.6 Å². The Hall–Kier alpha value is -2.77. The highest BCUT2D eigenvalue weighted by Gasteiger charge is 2.26. The number of benzene rings is 2. The van der Waals surface area contributed by atoms with Crippen molar-refractivity contribution in [1.29, 1.82) is 0 Å². The number of nitrogens with one attached hydrogen (secondary N) is 3. The van der Waals surface area contributed by atoms with Gasteiger partial charge in [0, 0.05) is 29.7 Å². The number of hydrogen-bond acceptors (Lipinski definition) is 5. The fourth-order valence-corrected chi connectivity index (χ4v) is 3.48. The number of piperidine rings is 1. The molecule has 8 heteroatoms. The van der Waals surface area contributed by atoms with Crippen LogP contribution >= 0.6 is 12.4 Å². The molecule has 2 amide bonds. The molecule has 1 aliphatic rings. The summed E-state index contributed by atoms with van der Waals surface area (Å²) in [4.78, 5) is 25.2. The maximum atomic E-state index is 12.7. The molecule has 0 aliphatic carbocycles. The van der Waals surface area contributed by atoms with Crippen LogP contribution in [0.15, 0.2) is 42.5 Å². The Morgan fingerprint density at radius 3 is 2.17 bits per heavy atom. The van der Waals surface area contributed by atoms with Crippen LogP contribution in [0.2, 0.25) is 0 Å². The van der Waals surface area contributed by atoms with E-state index < -0.39 is 0 Å². The highest BCUT2D eigenvalue weighted by Crippen LogP contribution is 2.37. The minimum atomic E-state index is -0.258. The second-order valence-corrected chi connectivity index (χ2v) is 7.14. The van der Waals surface area contributed by atoms with Crippen molar-refractivity contribution in [1.82, 2.24) is 5.32 Å². The zero-order valence-electron chi connectivity index (χ0n) is 17.4. The first-order valence-corrected chi connectivity index (χ1v) is 9.68. The van der Waals surface area contributed by atoms with Crippen LogP contribution in [0.25, 0.3) is 0 Å². The highest BCUT2D eigenvalue weighted by atomic mass is 35.5. The lowest BCUT2D eigenvalue weighted by Crippen LogP contribution is -2.40. The molecule has 3 N–H and O–H groups in total. The molecule has 0 spiro atoms. The van der Waals surface area contributed by atoms with Gasteiger partial charge < -0.3 is 25.4 Å². The van der Waals surface area contributed by atoms with E-state index in [0.29, 0.717) is 34.5 Å². The van der Waals surface area contributed by atoms with Gasteiger partial charge in [0.2, 0.25) is 5.91 Å². The molecule has 1 aliphatic heterocycles. The van der Waals surface area contributed by atoms with E-state index in [1.807, 2.05) is 6.07 Å². The van der Waals surface area contributed by atoms with Gasteiger partial charge in [-0.3, -0.25) is 9.59 Å². The van der Waals surface area contributed by atoms with Crippen LogP contribution in [0.1, 0.15) is 30.1 Å². The predicted molar refractivity (Wildman–Crippen MR) is 120 cm³/mol. The van der Waals surface area contributed by atoms with Crippen molar-refractivity contribution < 1.29 is 19.1 Å². The Morgan fingerprint density at radius 1 is 1.00 bits per heavy atom. The Balaban J connectivity index is 0.00000320. The number of carbonyl (C=O) groups is 2. The normalized spacial score (nSPS) is 18.0.